The predicted octanol–water partition coefficient (Wildman–Crippen LogP) is 5.74. The number of likely N-dealkylation sites (tertiary alicyclic amines) is 1. The summed E-state index contributed by atoms with van der Waals surface area (Å²) >= 11 is 0. The van der Waals surface area contributed by atoms with E-state index in [-0.39, 0.29) is 29.6 Å². The smallest absolute Gasteiger partial charge is 0.342 e. The fourth-order valence-corrected chi connectivity index (χ4v) is 4.77. The van der Waals surface area contributed by atoms with E-state index in [2.05, 4.69) is 9.97 Å². The van der Waals surface area contributed by atoms with Crippen molar-refractivity contribution >= 4 is 5.91 Å². The Bertz CT molecular complexity index is 1430. The van der Waals surface area contributed by atoms with Gasteiger partial charge >= 0.3 is 6.18 Å². The Kier molecular flexibility index (Phi) is 6.96. The second kappa shape index (κ2) is 10.4. The Morgan fingerprint density at radius 2 is 1.76 bits per heavy atom. The van der Waals surface area contributed by atoms with Crippen molar-refractivity contribution in [2.75, 3.05) is 13.1 Å². The lowest BCUT2D eigenvalue weighted by Crippen LogP contribution is -2.40. The summed E-state index contributed by atoms with van der Waals surface area (Å²) in [4.78, 5) is 23.6. The summed E-state index contributed by atoms with van der Waals surface area (Å²) in [5, 5.41) is 4.70. The van der Waals surface area contributed by atoms with Crippen LogP contribution in [0.4, 0.5) is 17.6 Å². The molecule has 1 atom stereocenters. The molecule has 196 valence electrons. The van der Waals surface area contributed by atoms with Crippen LogP contribution in [-0.2, 0) is 17.4 Å². The molecule has 2 aromatic heterocycles. The number of rotatable bonds is 5. The minimum Gasteiger partial charge on any atom is -0.342 e. The van der Waals surface area contributed by atoms with Crippen molar-refractivity contribution in [3.63, 3.8) is 0 Å². The van der Waals surface area contributed by atoms with Gasteiger partial charge in [0.1, 0.15) is 5.82 Å². The summed E-state index contributed by atoms with van der Waals surface area (Å²) in [6.45, 7) is 2.66. The van der Waals surface area contributed by atoms with Crippen molar-refractivity contribution in [1.82, 2.24) is 24.6 Å². The summed E-state index contributed by atoms with van der Waals surface area (Å²) in [7, 11) is 0. The van der Waals surface area contributed by atoms with E-state index in [1.54, 1.807) is 34.1 Å². The van der Waals surface area contributed by atoms with Crippen LogP contribution in [0.1, 0.15) is 41.1 Å². The molecule has 4 aromatic rings. The van der Waals surface area contributed by atoms with Crippen LogP contribution >= 0.6 is 0 Å². The number of amides is 1. The quantitative estimate of drug-likeness (QED) is 0.313. The topological polar surface area (TPSA) is 63.9 Å². The third-order valence-corrected chi connectivity index (χ3v) is 6.69. The highest BCUT2D eigenvalue weighted by Gasteiger charge is 2.34. The van der Waals surface area contributed by atoms with Crippen molar-refractivity contribution in [2.45, 2.75) is 38.3 Å². The van der Waals surface area contributed by atoms with Gasteiger partial charge in [0.25, 0.3) is 5.95 Å². The van der Waals surface area contributed by atoms with Gasteiger partial charge in [0.2, 0.25) is 5.91 Å². The Hall–Kier alpha value is -4.08. The molecular weight excluding hydrogens is 498 g/mol. The second-order valence-electron chi connectivity index (χ2n) is 9.44. The van der Waals surface area contributed by atoms with E-state index in [4.69, 9.17) is 5.10 Å². The molecule has 1 aliphatic rings. The van der Waals surface area contributed by atoms with Crippen molar-refractivity contribution in [1.29, 1.82) is 0 Å². The second-order valence-corrected chi connectivity index (χ2v) is 9.44. The number of benzene rings is 2. The number of carbonyl (C=O) groups is 1. The van der Waals surface area contributed by atoms with Crippen LogP contribution < -0.4 is 0 Å². The van der Waals surface area contributed by atoms with E-state index in [0.29, 0.717) is 36.7 Å². The van der Waals surface area contributed by atoms with Gasteiger partial charge in [-0.15, -0.1) is 0 Å². The first-order valence-corrected chi connectivity index (χ1v) is 12.3. The summed E-state index contributed by atoms with van der Waals surface area (Å²) in [5.41, 5.74) is 2.15. The fraction of sp³-hybridized carbons (Fsp3) is 0.286. The maximum Gasteiger partial charge on any atom is 0.416 e. The fourth-order valence-electron chi connectivity index (χ4n) is 4.77. The molecule has 6 nitrogen and oxygen atoms in total. The zero-order valence-corrected chi connectivity index (χ0v) is 20.6. The molecule has 0 aliphatic carbocycles. The van der Waals surface area contributed by atoms with Crippen molar-refractivity contribution < 1.29 is 22.4 Å². The van der Waals surface area contributed by atoms with E-state index < -0.39 is 11.7 Å². The number of aromatic nitrogens is 4. The molecule has 2 aromatic carbocycles. The maximum absolute atomic E-state index is 13.5. The van der Waals surface area contributed by atoms with Gasteiger partial charge < -0.3 is 4.90 Å². The SMILES string of the molecule is Cc1cnc(-n2nc(-c3ccc(F)cc3)cc2C2CCCN(C(=O)Cc3ccccc3C(F)(F)F)C2)nc1. The van der Waals surface area contributed by atoms with E-state index in [1.807, 2.05) is 13.0 Å². The van der Waals surface area contributed by atoms with Crippen LogP contribution in [-0.4, -0.2) is 43.6 Å². The molecule has 1 amide bonds. The van der Waals surface area contributed by atoms with Crippen molar-refractivity contribution in [2.24, 2.45) is 0 Å². The lowest BCUT2D eigenvalue weighted by molar-refractivity contribution is -0.138. The number of nitrogens with zero attached hydrogens (tertiary/aromatic N) is 5. The summed E-state index contributed by atoms with van der Waals surface area (Å²) in [6, 6.07) is 13.0. The zero-order valence-electron chi connectivity index (χ0n) is 20.6. The third kappa shape index (κ3) is 5.44. The molecule has 5 rings (SSSR count). The third-order valence-electron chi connectivity index (χ3n) is 6.69. The van der Waals surface area contributed by atoms with Gasteiger partial charge in [-0.1, -0.05) is 18.2 Å². The monoisotopic (exact) mass is 523 g/mol. The number of alkyl halides is 3. The van der Waals surface area contributed by atoms with Crippen LogP contribution in [0.2, 0.25) is 0 Å². The minimum atomic E-state index is -4.53. The highest BCUT2D eigenvalue weighted by Crippen LogP contribution is 2.34. The lowest BCUT2D eigenvalue weighted by Gasteiger charge is -2.33. The van der Waals surface area contributed by atoms with Gasteiger partial charge in [0, 0.05) is 37.0 Å². The van der Waals surface area contributed by atoms with E-state index >= 15 is 0 Å². The van der Waals surface area contributed by atoms with Gasteiger partial charge in [-0.05, 0) is 67.3 Å². The Labute approximate surface area is 217 Å². The first kappa shape index (κ1) is 25.6. The molecule has 0 bridgehead atoms. The molecular formula is C28H25F4N5O. The van der Waals surface area contributed by atoms with E-state index in [9.17, 15) is 22.4 Å². The first-order chi connectivity index (χ1) is 18.2. The summed E-state index contributed by atoms with van der Waals surface area (Å²) in [5.74, 6) is -0.495. The Morgan fingerprint density at radius 3 is 2.47 bits per heavy atom. The first-order valence-electron chi connectivity index (χ1n) is 12.3. The van der Waals surface area contributed by atoms with Gasteiger partial charge in [-0.25, -0.2) is 19.0 Å². The Balaban J connectivity index is 1.44. The molecule has 0 saturated carbocycles. The molecule has 1 unspecified atom stereocenters. The van der Waals surface area contributed by atoms with Crippen LogP contribution in [0.15, 0.2) is 67.0 Å². The van der Waals surface area contributed by atoms with Crippen LogP contribution in [0.3, 0.4) is 0 Å². The van der Waals surface area contributed by atoms with Crippen molar-refractivity contribution in [3.8, 4) is 17.2 Å². The minimum absolute atomic E-state index is 0.0381. The highest BCUT2D eigenvalue weighted by atomic mass is 19.4. The number of halogens is 4. The van der Waals surface area contributed by atoms with Crippen molar-refractivity contribution in [3.05, 3.63) is 95.2 Å². The number of aryl methyl sites for hydroxylation is 1. The molecule has 3 heterocycles. The Morgan fingerprint density at radius 1 is 1.05 bits per heavy atom. The lowest BCUT2D eigenvalue weighted by atomic mass is 9.93. The standard InChI is InChI=1S/C28H25F4N5O/c1-18-15-33-27(34-16-18)37-25(14-24(35-37)19-8-10-22(29)11-9-19)21-6-4-12-36(17-21)26(38)13-20-5-2-3-7-23(20)28(30,31)32/h2-3,5,7-11,14-16,21H,4,6,12-13,17H2,1H3. The van der Waals surface area contributed by atoms with Gasteiger partial charge in [0.15, 0.2) is 0 Å². The number of hydrogen-bond acceptors (Lipinski definition) is 4. The normalized spacial score (nSPS) is 16.0. The average molecular weight is 524 g/mol. The number of hydrogen-bond donors (Lipinski definition) is 0. The largest absolute Gasteiger partial charge is 0.416 e. The molecule has 1 aliphatic heterocycles. The molecule has 0 N–H and O–H groups in total. The molecule has 1 saturated heterocycles. The van der Waals surface area contributed by atoms with Gasteiger partial charge in [-0.2, -0.15) is 18.3 Å². The molecule has 10 heteroatoms. The molecule has 0 radical (unpaired) electrons. The maximum atomic E-state index is 13.5. The molecule has 38 heavy (non-hydrogen) atoms. The van der Waals surface area contributed by atoms with Gasteiger partial charge in [-0.3, -0.25) is 4.79 Å². The van der Waals surface area contributed by atoms with Gasteiger partial charge in [0.05, 0.1) is 23.4 Å². The molecule has 1 fully saturated rings. The molecule has 0 spiro atoms. The van der Waals surface area contributed by atoms with E-state index in [0.717, 1.165) is 23.7 Å². The highest BCUT2D eigenvalue weighted by molar-refractivity contribution is 5.79. The van der Waals surface area contributed by atoms with Crippen LogP contribution in [0.5, 0.6) is 0 Å². The number of piperidine rings is 1. The van der Waals surface area contributed by atoms with Crippen LogP contribution in [0.25, 0.3) is 17.2 Å². The number of carbonyl (C=O) groups excluding carboxylic acids is 1. The zero-order chi connectivity index (χ0) is 26.9. The predicted molar refractivity (Wildman–Crippen MR) is 133 cm³/mol. The summed E-state index contributed by atoms with van der Waals surface area (Å²) < 4.78 is 55.5. The summed E-state index contributed by atoms with van der Waals surface area (Å²) in [6.07, 6.45) is -0.0606. The van der Waals surface area contributed by atoms with Crippen LogP contribution in [0, 0.1) is 12.7 Å². The average Bonchev–Trinajstić information content (AvgIpc) is 3.35. The van der Waals surface area contributed by atoms with E-state index in [1.165, 1.54) is 30.3 Å².